The summed E-state index contributed by atoms with van der Waals surface area (Å²) in [4.78, 5) is 27.6. The molecule has 1 N–H and O–H groups in total. The summed E-state index contributed by atoms with van der Waals surface area (Å²) in [6.45, 7) is 5.18. The van der Waals surface area contributed by atoms with Crippen molar-refractivity contribution in [3.05, 3.63) is 47.8 Å². The summed E-state index contributed by atoms with van der Waals surface area (Å²) < 4.78 is 5.77. The molecule has 0 aliphatic carbocycles. The third-order valence-corrected chi connectivity index (χ3v) is 5.21. The molecule has 8 nitrogen and oxygen atoms in total. The minimum Gasteiger partial charge on any atom is -0.491 e. The molecule has 8 heteroatoms. The number of piperazine rings is 1. The zero-order valence-corrected chi connectivity index (χ0v) is 15.8. The van der Waals surface area contributed by atoms with Gasteiger partial charge in [-0.05, 0) is 23.8 Å². The van der Waals surface area contributed by atoms with Crippen molar-refractivity contribution in [3.63, 3.8) is 0 Å². The largest absolute Gasteiger partial charge is 0.491 e. The Morgan fingerprint density at radius 1 is 1.11 bits per heavy atom. The molecule has 0 unspecified atom stereocenters. The maximum Gasteiger partial charge on any atom is 0.237 e. The monoisotopic (exact) mass is 383 g/mol. The normalized spacial score (nSPS) is 17.6. The van der Waals surface area contributed by atoms with E-state index in [-0.39, 0.29) is 12.5 Å². The van der Waals surface area contributed by atoms with Gasteiger partial charge in [0.1, 0.15) is 12.4 Å². The summed E-state index contributed by atoms with van der Waals surface area (Å²) >= 11 is 0. The lowest BCUT2D eigenvalue weighted by molar-refractivity contribution is -0.133. The number of ether oxygens (including phenoxy) is 1. The Kier molecular flexibility index (Phi) is 5.68. The van der Waals surface area contributed by atoms with Crippen LogP contribution in [0.25, 0.3) is 0 Å². The molecule has 1 aromatic carbocycles. The molecule has 2 aromatic rings. The second-order valence-corrected chi connectivity index (χ2v) is 7.08. The van der Waals surface area contributed by atoms with Gasteiger partial charge in [-0.25, -0.2) is 9.97 Å². The molecule has 1 amide bonds. The number of hydrogen-bond acceptors (Lipinski definition) is 7. The lowest BCUT2D eigenvalue weighted by Gasteiger charge is -2.35. The van der Waals surface area contributed by atoms with Crippen LogP contribution in [0.4, 0.5) is 5.95 Å². The molecule has 0 spiro atoms. The van der Waals surface area contributed by atoms with Crippen molar-refractivity contribution in [1.82, 2.24) is 19.8 Å². The molecular weight excluding hydrogens is 358 g/mol. The van der Waals surface area contributed by atoms with Crippen molar-refractivity contribution >= 4 is 11.9 Å². The van der Waals surface area contributed by atoms with Crippen LogP contribution in [0.5, 0.6) is 5.75 Å². The molecule has 2 aliphatic heterocycles. The standard InChI is InChI=1S/C20H25N5O3/c26-15-16-2-3-18-17(12-16)13-25(10-11-28-18)19(27)14-23-6-8-24(9-7-23)20-21-4-1-5-22-20/h1-5,12,26H,6-11,13-15H2. The van der Waals surface area contributed by atoms with Gasteiger partial charge in [-0.3, -0.25) is 9.69 Å². The van der Waals surface area contributed by atoms with Gasteiger partial charge in [-0.1, -0.05) is 6.07 Å². The van der Waals surface area contributed by atoms with E-state index < -0.39 is 0 Å². The van der Waals surface area contributed by atoms with E-state index in [4.69, 9.17) is 4.74 Å². The van der Waals surface area contributed by atoms with Crippen LogP contribution in [0.15, 0.2) is 36.7 Å². The highest BCUT2D eigenvalue weighted by molar-refractivity contribution is 5.78. The van der Waals surface area contributed by atoms with Gasteiger partial charge in [0.05, 0.1) is 19.7 Å². The minimum atomic E-state index is -0.0172. The molecule has 0 bridgehead atoms. The number of benzene rings is 1. The number of aromatic nitrogens is 2. The van der Waals surface area contributed by atoms with Crippen molar-refractivity contribution < 1.29 is 14.6 Å². The van der Waals surface area contributed by atoms with E-state index in [9.17, 15) is 9.90 Å². The Morgan fingerprint density at radius 2 is 1.89 bits per heavy atom. The molecule has 148 valence electrons. The van der Waals surface area contributed by atoms with E-state index in [1.807, 2.05) is 29.2 Å². The molecule has 1 fully saturated rings. The van der Waals surface area contributed by atoms with Gasteiger partial charge in [0.2, 0.25) is 11.9 Å². The van der Waals surface area contributed by atoms with Crippen molar-refractivity contribution in [2.45, 2.75) is 13.2 Å². The average Bonchev–Trinajstić information content (AvgIpc) is 2.97. The third kappa shape index (κ3) is 4.23. The fraction of sp³-hybridized carbons (Fsp3) is 0.450. The number of aliphatic hydroxyl groups excluding tert-OH is 1. The van der Waals surface area contributed by atoms with Crippen LogP contribution >= 0.6 is 0 Å². The summed E-state index contributed by atoms with van der Waals surface area (Å²) in [5.74, 6) is 1.65. The van der Waals surface area contributed by atoms with Crippen molar-refractivity contribution in [3.8, 4) is 5.75 Å². The van der Waals surface area contributed by atoms with E-state index in [2.05, 4.69) is 19.8 Å². The number of nitrogens with zero attached hydrogens (tertiary/aromatic N) is 5. The Hall–Kier alpha value is -2.71. The minimum absolute atomic E-state index is 0.0172. The molecule has 0 radical (unpaired) electrons. The topological polar surface area (TPSA) is 82.0 Å². The molecule has 1 saturated heterocycles. The molecular formula is C20H25N5O3. The number of anilines is 1. The zero-order chi connectivity index (χ0) is 19.3. The first-order valence-corrected chi connectivity index (χ1v) is 9.60. The number of amides is 1. The number of aliphatic hydroxyl groups is 1. The predicted octanol–water partition coefficient (Wildman–Crippen LogP) is 0.512. The Balaban J connectivity index is 1.34. The third-order valence-electron chi connectivity index (χ3n) is 5.21. The summed E-state index contributed by atoms with van der Waals surface area (Å²) in [7, 11) is 0. The van der Waals surface area contributed by atoms with Crippen LogP contribution in [0.3, 0.4) is 0 Å². The highest BCUT2D eigenvalue weighted by Gasteiger charge is 2.25. The summed E-state index contributed by atoms with van der Waals surface area (Å²) in [5.41, 5.74) is 1.78. The summed E-state index contributed by atoms with van der Waals surface area (Å²) in [5, 5.41) is 9.36. The van der Waals surface area contributed by atoms with Crippen LogP contribution in [-0.4, -0.2) is 76.7 Å². The maximum absolute atomic E-state index is 12.9. The molecule has 4 rings (SSSR count). The van der Waals surface area contributed by atoms with Gasteiger partial charge in [0.15, 0.2) is 0 Å². The fourth-order valence-corrected chi connectivity index (χ4v) is 3.61. The van der Waals surface area contributed by atoms with E-state index in [1.54, 1.807) is 12.4 Å². The van der Waals surface area contributed by atoms with E-state index in [0.29, 0.717) is 26.2 Å². The van der Waals surface area contributed by atoms with Crippen LogP contribution in [0.2, 0.25) is 0 Å². The Labute approximate surface area is 164 Å². The van der Waals surface area contributed by atoms with Gasteiger partial charge in [-0.2, -0.15) is 0 Å². The van der Waals surface area contributed by atoms with Crippen LogP contribution in [0, 0.1) is 0 Å². The number of hydrogen-bond donors (Lipinski definition) is 1. The van der Waals surface area contributed by atoms with Crippen LogP contribution < -0.4 is 9.64 Å². The lowest BCUT2D eigenvalue weighted by Crippen LogP contribution is -2.50. The number of carbonyl (C=O) groups excluding carboxylic acids is 1. The number of carbonyl (C=O) groups is 1. The quantitative estimate of drug-likeness (QED) is 0.824. The predicted molar refractivity (Wildman–Crippen MR) is 104 cm³/mol. The van der Waals surface area contributed by atoms with E-state index in [1.165, 1.54) is 0 Å². The molecule has 0 saturated carbocycles. The van der Waals surface area contributed by atoms with Crippen LogP contribution in [0.1, 0.15) is 11.1 Å². The molecule has 0 atom stereocenters. The Morgan fingerprint density at radius 3 is 2.64 bits per heavy atom. The summed E-state index contributed by atoms with van der Waals surface area (Å²) in [6.07, 6.45) is 3.50. The van der Waals surface area contributed by atoms with Crippen molar-refractivity contribution in [2.75, 3.05) is 50.8 Å². The number of rotatable bonds is 4. The van der Waals surface area contributed by atoms with Crippen molar-refractivity contribution in [1.29, 1.82) is 0 Å². The van der Waals surface area contributed by atoms with E-state index in [0.717, 1.165) is 49.0 Å². The second kappa shape index (κ2) is 8.53. The smallest absolute Gasteiger partial charge is 0.237 e. The van der Waals surface area contributed by atoms with Crippen molar-refractivity contribution in [2.24, 2.45) is 0 Å². The molecule has 2 aliphatic rings. The van der Waals surface area contributed by atoms with Gasteiger partial charge < -0.3 is 19.6 Å². The average molecular weight is 383 g/mol. The second-order valence-electron chi connectivity index (χ2n) is 7.08. The Bertz CT molecular complexity index is 809. The highest BCUT2D eigenvalue weighted by atomic mass is 16.5. The molecule has 28 heavy (non-hydrogen) atoms. The molecule has 1 aromatic heterocycles. The first-order valence-electron chi connectivity index (χ1n) is 9.60. The van der Waals surface area contributed by atoms with E-state index >= 15 is 0 Å². The SMILES string of the molecule is O=C(CN1CCN(c2ncccn2)CC1)N1CCOc2ccc(CO)cc2C1. The number of fused-ring (bicyclic) bond motifs is 1. The maximum atomic E-state index is 12.9. The zero-order valence-electron chi connectivity index (χ0n) is 15.8. The lowest BCUT2D eigenvalue weighted by atomic mass is 10.1. The van der Waals surface area contributed by atoms with Gasteiger partial charge in [0, 0.05) is 50.7 Å². The first kappa shape index (κ1) is 18.6. The van der Waals surface area contributed by atoms with Crippen LogP contribution in [-0.2, 0) is 17.9 Å². The highest BCUT2D eigenvalue weighted by Crippen LogP contribution is 2.24. The van der Waals surface area contributed by atoms with Gasteiger partial charge in [0.25, 0.3) is 0 Å². The fourth-order valence-electron chi connectivity index (χ4n) is 3.61. The molecule has 3 heterocycles. The van der Waals surface area contributed by atoms with Gasteiger partial charge in [-0.15, -0.1) is 0 Å². The van der Waals surface area contributed by atoms with Gasteiger partial charge >= 0.3 is 0 Å². The summed E-state index contributed by atoms with van der Waals surface area (Å²) in [6, 6.07) is 7.45. The first-order chi connectivity index (χ1) is 13.7.